The van der Waals surface area contributed by atoms with Crippen molar-refractivity contribution in [2.24, 2.45) is 0 Å². The van der Waals surface area contributed by atoms with E-state index in [1.165, 1.54) is 23.1 Å². The standard InChI is InChI=1S/C18H15Cl2N3OS2/c1-10-5-11(2)7-13(6-10)16(24)21-17-22-23-18(26-17)25-9-12-3-4-14(19)15(20)8-12/h3-8H,9H2,1-2H3,(H,21,22,24). The molecular weight excluding hydrogens is 409 g/mol. The van der Waals surface area contributed by atoms with E-state index in [4.69, 9.17) is 23.2 Å². The zero-order valence-corrected chi connectivity index (χ0v) is 17.2. The first-order chi connectivity index (χ1) is 12.4. The Balaban J connectivity index is 1.62. The molecule has 3 rings (SSSR count). The monoisotopic (exact) mass is 423 g/mol. The van der Waals surface area contributed by atoms with E-state index in [1.807, 2.05) is 44.2 Å². The van der Waals surface area contributed by atoms with Gasteiger partial charge in [-0.1, -0.05) is 69.6 Å². The van der Waals surface area contributed by atoms with Crippen LogP contribution in [-0.2, 0) is 5.75 Å². The summed E-state index contributed by atoms with van der Waals surface area (Å²) in [7, 11) is 0. The molecule has 0 radical (unpaired) electrons. The molecule has 1 heterocycles. The van der Waals surface area contributed by atoms with Crippen molar-refractivity contribution in [3.63, 3.8) is 0 Å². The topological polar surface area (TPSA) is 54.9 Å². The van der Waals surface area contributed by atoms with Gasteiger partial charge in [0.2, 0.25) is 5.13 Å². The molecule has 3 aromatic rings. The zero-order valence-electron chi connectivity index (χ0n) is 14.0. The smallest absolute Gasteiger partial charge is 0.257 e. The van der Waals surface area contributed by atoms with Crippen molar-refractivity contribution in [3.05, 3.63) is 68.7 Å². The highest BCUT2D eigenvalue weighted by atomic mass is 35.5. The van der Waals surface area contributed by atoms with Crippen LogP contribution in [0.25, 0.3) is 0 Å². The van der Waals surface area contributed by atoms with E-state index in [1.54, 1.807) is 6.07 Å². The van der Waals surface area contributed by atoms with E-state index in [-0.39, 0.29) is 5.91 Å². The molecule has 0 saturated carbocycles. The van der Waals surface area contributed by atoms with Crippen LogP contribution in [0, 0.1) is 13.8 Å². The summed E-state index contributed by atoms with van der Waals surface area (Å²) in [6, 6.07) is 11.3. The molecule has 0 unspecified atom stereocenters. The van der Waals surface area contributed by atoms with Gasteiger partial charge in [0.05, 0.1) is 10.0 Å². The number of nitrogens with one attached hydrogen (secondary N) is 1. The molecule has 0 aliphatic carbocycles. The molecule has 0 aliphatic heterocycles. The molecule has 4 nitrogen and oxygen atoms in total. The second-order valence-electron chi connectivity index (χ2n) is 5.74. The third kappa shape index (κ3) is 4.98. The van der Waals surface area contributed by atoms with Gasteiger partial charge in [-0.15, -0.1) is 10.2 Å². The van der Waals surface area contributed by atoms with E-state index in [0.717, 1.165) is 21.0 Å². The molecule has 26 heavy (non-hydrogen) atoms. The van der Waals surface area contributed by atoms with Crippen LogP contribution in [0.1, 0.15) is 27.0 Å². The fraction of sp³-hybridized carbons (Fsp3) is 0.167. The summed E-state index contributed by atoms with van der Waals surface area (Å²) in [5.74, 6) is 0.505. The Hall–Kier alpha value is -1.60. The van der Waals surface area contributed by atoms with Crippen molar-refractivity contribution < 1.29 is 4.79 Å². The maximum atomic E-state index is 12.4. The van der Waals surface area contributed by atoms with Gasteiger partial charge >= 0.3 is 0 Å². The van der Waals surface area contributed by atoms with E-state index < -0.39 is 0 Å². The Morgan fingerprint density at radius 1 is 1.08 bits per heavy atom. The number of aromatic nitrogens is 2. The van der Waals surface area contributed by atoms with E-state index >= 15 is 0 Å². The van der Waals surface area contributed by atoms with Crippen LogP contribution in [0.5, 0.6) is 0 Å². The second-order valence-corrected chi connectivity index (χ2v) is 8.76. The number of aryl methyl sites for hydroxylation is 2. The highest BCUT2D eigenvalue weighted by molar-refractivity contribution is 8.00. The molecular formula is C18H15Cl2N3OS2. The number of rotatable bonds is 5. The van der Waals surface area contributed by atoms with E-state index in [9.17, 15) is 4.79 Å². The number of hydrogen-bond donors (Lipinski definition) is 1. The lowest BCUT2D eigenvalue weighted by molar-refractivity contribution is 0.102. The van der Waals surface area contributed by atoms with Gasteiger partial charge in [-0.2, -0.15) is 0 Å². The van der Waals surface area contributed by atoms with Gasteiger partial charge in [-0.3, -0.25) is 10.1 Å². The number of benzene rings is 2. The number of carbonyl (C=O) groups is 1. The van der Waals surface area contributed by atoms with Crippen LogP contribution in [0.3, 0.4) is 0 Å². The molecule has 134 valence electrons. The molecule has 0 fully saturated rings. The number of hydrogen-bond acceptors (Lipinski definition) is 5. The molecule has 0 saturated heterocycles. The fourth-order valence-electron chi connectivity index (χ4n) is 2.37. The number of carbonyl (C=O) groups excluding carboxylic acids is 1. The van der Waals surface area contributed by atoms with Crippen LogP contribution in [0.2, 0.25) is 10.0 Å². The minimum absolute atomic E-state index is 0.186. The molecule has 1 aromatic heterocycles. The summed E-state index contributed by atoms with van der Waals surface area (Å²) >= 11 is 14.8. The number of nitrogens with zero attached hydrogens (tertiary/aromatic N) is 2. The number of anilines is 1. The lowest BCUT2D eigenvalue weighted by Gasteiger charge is -2.04. The molecule has 1 amide bonds. The van der Waals surface area contributed by atoms with E-state index in [0.29, 0.717) is 26.5 Å². The third-order valence-corrected chi connectivity index (χ3v) is 6.24. The van der Waals surface area contributed by atoms with Gasteiger partial charge in [-0.25, -0.2) is 0 Å². The normalized spacial score (nSPS) is 10.8. The fourth-order valence-corrected chi connectivity index (χ4v) is 4.38. The van der Waals surface area contributed by atoms with Gasteiger partial charge in [0, 0.05) is 11.3 Å². The Bertz CT molecular complexity index is 939. The number of thioether (sulfide) groups is 1. The van der Waals surface area contributed by atoms with Crippen molar-refractivity contribution >= 4 is 57.3 Å². The maximum Gasteiger partial charge on any atom is 0.257 e. The largest absolute Gasteiger partial charge is 0.296 e. The summed E-state index contributed by atoms with van der Waals surface area (Å²) in [6.45, 7) is 3.93. The van der Waals surface area contributed by atoms with Crippen molar-refractivity contribution in [1.82, 2.24) is 10.2 Å². The van der Waals surface area contributed by atoms with Gasteiger partial charge in [-0.05, 0) is 43.7 Å². The van der Waals surface area contributed by atoms with E-state index in [2.05, 4.69) is 15.5 Å². The summed E-state index contributed by atoms with van der Waals surface area (Å²) in [4.78, 5) is 12.4. The SMILES string of the molecule is Cc1cc(C)cc(C(=O)Nc2nnc(SCc3ccc(Cl)c(Cl)c3)s2)c1. The quantitative estimate of drug-likeness (QED) is 0.403. The number of amides is 1. The Morgan fingerprint density at radius 3 is 2.50 bits per heavy atom. The minimum atomic E-state index is -0.186. The predicted molar refractivity (Wildman–Crippen MR) is 110 cm³/mol. The second kappa shape index (κ2) is 8.39. The summed E-state index contributed by atoms with van der Waals surface area (Å²) in [6.07, 6.45) is 0. The van der Waals surface area contributed by atoms with Crippen molar-refractivity contribution in [2.45, 2.75) is 23.9 Å². The average molecular weight is 424 g/mol. The Labute approximate surface area is 169 Å². The zero-order chi connectivity index (χ0) is 18.7. The van der Waals surface area contributed by atoms with Gasteiger partial charge in [0.1, 0.15) is 0 Å². The molecule has 8 heteroatoms. The van der Waals surface area contributed by atoms with Crippen LogP contribution < -0.4 is 5.32 Å². The lowest BCUT2D eigenvalue weighted by atomic mass is 10.1. The van der Waals surface area contributed by atoms with Crippen LogP contribution in [-0.4, -0.2) is 16.1 Å². The highest BCUT2D eigenvalue weighted by Crippen LogP contribution is 2.30. The highest BCUT2D eigenvalue weighted by Gasteiger charge is 2.12. The van der Waals surface area contributed by atoms with Crippen LogP contribution in [0.15, 0.2) is 40.7 Å². The Kier molecular flexibility index (Phi) is 6.19. The average Bonchev–Trinajstić information content (AvgIpc) is 3.02. The third-order valence-electron chi connectivity index (χ3n) is 3.46. The lowest BCUT2D eigenvalue weighted by Crippen LogP contribution is -2.12. The predicted octanol–water partition coefficient (Wildman–Crippen LogP) is 6.01. The summed E-state index contributed by atoms with van der Waals surface area (Å²) in [5.41, 5.74) is 3.75. The minimum Gasteiger partial charge on any atom is -0.296 e. The first-order valence-corrected chi connectivity index (χ1v) is 10.3. The van der Waals surface area contributed by atoms with Gasteiger partial charge < -0.3 is 0 Å². The molecule has 0 atom stereocenters. The molecule has 0 bridgehead atoms. The first-order valence-electron chi connectivity index (χ1n) is 7.70. The molecule has 0 aliphatic rings. The van der Waals surface area contributed by atoms with Gasteiger partial charge in [0.25, 0.3) is 5.91 Å². The molecule has 1 N–H and O–H groups in total. The van der Waals surface area contributed by atoms with Crippen molar-refractivity contribution in [1.29, 1.82) is 0 Å². The van der Waals surface area contributed by atoms with Crippen LogP contribution >= 0.6 is 46.3 Å². The number of halogens is 2. The van der Waals surface area contributed by atoms with Crippen molar-refractivity contribution in [2.75, 3.05) is 5.32 Å². The maximum absolute atomic E-state index is 12.4. The Morgan fingerprint density at radius 2 is 1.81 bits per heavy atom. The van der Waals surface area contributed by atoms with Gasteiger partial charge in [0.15, 0.2) is 4.34 Å². The summed E-state index contributed by atoms with van der Waals surface area (Å²) in [5, 5.41) is 12.5. The molecule has 0 spiro atoms. The first kappa shape index (κ1) is 19.2. The van der Waals surface area contributed by atoms with Crippen LogP contribution in [0.4, 0.5) is 5.13 Å². The summed E-state index contributed by atoms with van der Waals surface area (Å²) < 4.78 is 0.770. The van der Waals surface area contributed by atoms with Crippen molar-refractivity contribution in [3.8, 4) is 0 Å². The molecule has 2 aromatic carbocycles.